The second kappa shape index (κ2) is 6.08. The average Bonchev–Trinajstić information content (AvgIpc) is 2.91. The monoisotopic (exact) mass is 359 g/mol. The molecule has 1 aliphatic rings. The van der Waals surface area contributed by atoms with Crippen LogP contribution in [0.3, 0.4) is 0 Å². The Morgan fingerprint density at radius 3 is 2.46 bits per heavy atom. The summed E-state index contributed by atoms with van der Waals surface area (Å²) in [6.45, 7) is 0. The lowest BCUT2D eigenvalue weighted by Crippen LogP contribution is -2.28. The Balaban J connectivity index is 2.01. The number of anilines is 1. The fraction of sp³-hybridized carbons (Fsp3) is 0.188. The van der Waals surface area contributed by atoms with E-state index in [0.29, 0.717) is 5.56 Å². The van der Waals surface area contributed by atoms with Crippen LogP contribution in [0.4, 0.5) is 27.6 Å². The van der Waals surface area contributed by atoms with Crippen LogP contribution in [0.5, 0.6) is 0 Å². The van der Waals surface area contributed by atoms with Crippen molar-refractivity contribution < 1.29 is 26.7 Å². The Labute approximate surface area is 138 Å². The van der Waals surface area contributed by atoms with Crippen molar-refractivity contribution >= 4 is 23.4 Å². The van der Waals surface area contributed by atoms with Crippen molar-refractivity contribution in [3.05, 3.63) is 65.2 Å². The summed E-state index contributed by atoms with van der Waals surface area (Å²) in [7, 11) is 0. The number of benzene rings is 2. The number of halogens is 5. The third-order valence-electron chi connectivity index (χ3n) is 3.55. The van der Waals surface area contributed by atoms with Gasteiger partial charge in [-0.3, -0.25) is 9.69 Å². The molecule has 24 heavy (non-hydrogen) atoms. The first-order chi connectivity index (χ1) is 11.3. The van der Waals surface area contributed by atoms with Gasteiger partial charge in [-0.15, -0.1) is 11.8 Å². The van der Waals surface area contributed by atoms with Gasteiger partial charge in [-0.05, 0) is 35.9 Å². The number of carbonyl (C=O) groups excluding carboxylic acids is 1. The van der Waals surface area contributed by atoms with Crippen LogP contribution in [0.1, 0.15) is 16.5 Å². The Morgan fingerprint density at radius 1 is 1.04 bits per heavy atom. The third kappa shape index (κ3) is 3.10. The van der Waals surface area contributed by atoms with Gasteiger partial charge in [0.1, 0.15) is 5.37 Å². The highest BCUT2D eigenvalue weighted by atomic mass is 32.2. The maximum absolute atomic E-state index is 13.4. The molecular formula is C16H10F5NOS. The fourth-order valence-corrected chi connectivity index (χ4v) is 3.61. The predicted octanol–water partition coefficient (Wildman–Crippen LogP) is 4.76. The van der Waals surface area contributed by atoms with E-state index >= 15 is 0 Å². The highest BCUT2D eigenvalue weighted by molar-refractivity contribution is 8.00. The molecule has 2 nitrogen and oxygen atoms in total. The molecule has 2 aromatic rings. The molecule has 1 aliphatic heterocycles. The summed E-state index contributed by atoms with van der Waals surface area (Å²) < 4.78 is 65.1. The molecule has 0 aliphatic carbocycles. The highest BCUT2D eigenvalue weighted by Crippen LogP contribution is 2.43. The Morgan fingerprint density at radius 2 is 1.79 bits per heavy atom. The van der Waals surface area contributed by atoms with Crippen molar-refractivity contribution in [3.8, 4) is 0 Å². The number of hydrogen-bond acceptors (Lipinski definition) is 2. The molecular weight excluding hydrogens is 349 g/mol. The zero-order valence-corrected chi connectivity index (χ0v) is 12.8. The van der Waals surface area contributed by atoms with Gasteiger partial charge in [-0.1, -0.05) is 12.1 Å². The first-order valence-corrected chi connectivity index (χ1v) is 7.88. The molecule has 8 heteroatoms. The predicted molar refractivity (Wildman–Crippen MR) is 80.5 cm³/mol. The lowest BCUT2D eigenvalue weighted by atomic mass is 10.1. The van der Waals surface area contributed by atoms with Crippen molar-refractivity contribution in [2.24, 2.45) is 0 Å². The van der Waals surface area contributed by atoms with Crippen LogP contribution < -0.4 is 4.90 Å². The van der Waals surface area contributed by atoms with Crippen LogP contribution in [0, 0.1) is 11.6 Å². The smallest absolute Gasteiger partial charge is 0.295 e. The number of thioether (sulfide) groups is 1. The topological polar surface area (TPSA) is 20.3 Å². The van der Waals surface area contributed by atoms with Crippen molar-refractivity contribution in [1.82, 2.24) is 0 Å². The first kappa shape index (κ1) is 16.8. The quantitative estimate of drug-likeness (QED) is 0.721. The standard InChI is InChI=1S/C16H10F5NOS/c17-12-5-4-9(6-13(12)18)15-22(14(23)8-24-15)11-3-1-2-10(7-11)16(19,20)21/h1-7,15H,8H2/t15-/m0/s1. The minimum Gasteiger partial charge on any atom is -0.295 e. The molecule has 0 bridgehead atoms. The van der Waals surface area contributed by atoms with Gasteiger partial charge in [-0.2, -0.15) is 13.2 Å². The van der Waals surface area contributed by atoms with Gasteiger partial charge in [0.2, 0.25) is 5.91 Å². The molecule has 2 aromatic carbocycles. The summed E-state index contributed by atoms with van der Waals surface area (Å²) in [5.41, 5.74) is -0.509. The lowest BCUT2D eigenvalue weighted by molar-refractivity contribution is -0.137. The fourth-order valence-electron chi connectivity index (χ4n) is 2.45. The number of amides is 1. The number of carbonyl (C=O) groups is 1. The molecule has 0 N–H and O–H groups in total. The molecule has 1 amide bonds. The van der Waals surface area contributed by atoms with Gasteiger partial charge < -0.3 is 0 Å². The van der Waals surface area contributed by atoms with Gasteiger partial charge in [-0.25, -0.2) is 8.78 Å². The SMILES string of the molecule is O=C1CS[C@@H](c2ccc(F)c(F)c2)N1c1cccc(C(F)(F)F)c1. The van der Waals surface area contributed by atoms with Crippen molar-refractivity contribution in [1.29, 1.82) is 0 Å². The largest absolute Gasteiger partial charge is 0.416 e. The molecule has 0 radical (unpaired) electrons. The molecule has 0 spiro atoms. The molecule has 0 saturated carbocycles. The maximum Gasteiger partial charge on any atom is 0.416 e. The average molecular weight is 359 g/mol. The third-order valence-corrected chi connectivity index (χ3v) is 4.76. The summed E-state index contributed by atoms with van der Waals surface area (Å²) >= 11 is 1.14. The minimum absolute atomic E-state index is 0.0416. The van der Waals surface area contributed by atoms with E-state index in [2.05, 4.69) is 0 Å². The van der Waals surface area contributed by atoms with Crippen LogP contribution in [-0.2, 0) is 11.0 Å². The van der Waals surface area contributed by atoms with E-state index in [1.54, 1.807) is 0 Å². The molecule has 1 fully saturated rings. The second-order valence-electron chi connectivity index (χ2n) is 5.15. The normalized spacial score (nSPS) is 18.3. The van der Waals surface area contributed by atoms with Crippen molar-refractivity contribution in [2.45, 2.75) is 11.6 Å². The zero-order chi connectivity index (χ0) is 17.5. The number of rotatable bonds is 2. The van der Waals surface area contributed by atoms with Crippen LogP contribution in [0.25, 0.3) is 0 Å². The van der Waals surface area contributed by atoms with Crippen molar-refractivity contribution in [2.75, 3.05) is 10.7 Å². The van der Waals surface area contributed by atoms with Gasteiger partial charge >= 0.3 is 6.18 Å². The molecule has 1 atom stereocenters. The maximum atomic E-state index is 13.4. The lowest BCUT2D eigenvalue weighted by Gasteiger charge is -2.25. The van der Waals surface area contributed by atoms with Gasteiger partial charge in [0.25, 0.3) is 0 Å². The van der Waals surface area contributed by atoms with Crippen molar-refractivity contribution in [3.63, 3.8) is 0 Å². The zero-order valence-electron chi connectivity index (χ0n) is 12.0. The summed E-state index contributed by atoms with van der Waals surface area (Å²) in [5, 5.41) is -0.712. The number of nitrogens with zero attached hydrogens (tertiary/aromatic N) is 1. The molecule has 3 rings (SSSR count). The van der Waals surface area contributed by atoms with E-state index < -0.39 is 34.7 Å². The highest BCUT2D eigenvalue weighted by Gasteiger charge is 2.36. The number of alkyl halides is 3. The van der Waals surface area contributed by atoms with Gasteiger partial charge in [0, 0.05) is 5.69 Å². The summed E-state index contributed by atoms with van der Waals surface area (Å²) in [6, 6.07) is 7.56. The van der Waals surface area contributed by atoms with E-state index in [9.17, 15) is 26.7 Å². The Kier molecular flexibility index (Phi) is 4.25. The van der Waals surface area contributed by atoms with Crippen LogP contribution >= 0.6 is 11.8 Å². The van der Waals surface area contributed by atoms with E-state index in [0.717, 1.165) is 36.0 Å². The Hall–Kier alpha value is -2.09. The molecule has 1 saturated heterocycles. The van der Waals surface area contributed by atoms with Gasteiger partial charge in [0.15, 0.2) is 11.6 Å². The van der Waals surface area contributed by atoms with E-state index in [1.807, 2.05) is 0 Å². The molecule has 0 aromatic heterocycles. The van der Waals surface area contributed by atoms with Gasteiger partial charge in [0.05, 0.1) is 11.3 Å². The molecule has 0 unspecified atom stereocenters. The van der Waals surface area contributed by atoms with Crippen LogP contribution in [0.15, 0.2) is 42.5 Å². The van der Waals surface area contributed by atoms with E-state index in [1.165, 1.54) is 23.1 Å². The minimum atomic E-state index is -4.54. The summed E-state index contributed by atoms with van der Waals surface area (Å²) in [6.07, 6.45) is -4.54. The van der Waals surface area contributed by atoms with E-state index in [-0.39, 0.29) is 11.4 Å². The Bertz CT molecular complexity index is 792. The summed E-state index contributed by atoms with van der Waals surface area (Å²) in [5.74, 6) is -2.45. The van der Waals surface area contributed by atoms with Crippen LogP contribution in [0.2, 0.25) is 0 Å². The molecule has 1 heterocycles. The van der Waals surface area contributed by atoms with Crippen LogP contribution in [-0.4, -0.2) is 11.7 Å². The first-order valence-electron chi connectivity index (χ1n) is 6.83. The van der Waals surface area contributed by atoms with E-state index in [4.69, 9.17) is 0 Å². The second-order valence-corrected chi connectivity index (χ2v) is 6.22. The molecule has 126 valence electrons. The summed E-state index contributed by atoms with van der Waals surface area (Å²) in [4.78, 5) is 13.3. The number of hydrogen-bond donors (Lipinski definition) is 0.